The Morgan fingerprint density at radius 2 is 1.95 bits per heavy atom. The van der Waals surface area contributed by atoms with Crippen molar-refractivity contribution in [1.82, 2.24) is 14.8 Å². The molecule has 2 N–H and O–H groups in total. The van der Waals surface area contributed by atoms with Crippen molar-refractivity contribution in [2.24, 2.45) is 0 Å². The normalized spacial score (nSPS) is 10.8. The number of hydrogen-bond acceptors (Lipinski definition) is 3. The molecule has 0 radical (unpaired) electrons. The van der Waals surface area contributed by atoms with E-state index in [2.05, 4.69) is 26.0 Å². The van der Waals surface area contributed by atoms with Crippen molar-refractivity contribution in [2.45, 2.75) is 0 Å². The minimum absolute atomic E-state index is 0.0694. The second-order valence-electron chi connectivity index (χ2n) is 4.11. The van der Waals surface area contributed by atoms with Gasteiger partial charge >= 0.3 is 5.97 Å². The lowest BCUT2D eigenvalue weighted by atomic mass is 10.3. The van der Waals surface area contributed by atoms with Gasteiger partial charge in [-0.1, -0.05) is 15.9 Å². The number of carboxylic acids is 1. The number of nitrogens with zero attached hydrogens (tertiary/aromatic N) is 2. The number of H-pyrrole nitrogens is 1. The van der Waals surface area contributed by atoms with E-state index < -0.39 is 5.97 Å². The summed E-state index contributed by atoms with van der Waals surface area (Å²) in [5, 5.41) is 13.5. The maximum absolute atomic E-state index is 11.8. The van der Waals surface area contributed by atoms with Crippen LogP contribution in [0.2, 0.25) is 0 Å². The van der Waals surface area contributed by atoms with Crippen LogP contribution in [0.15, 0.2) is 45.8 Å². The van der Waals surface area contributed by atoms with Gasteiger partial charge in [0.25, 0.3) is 0 Å². The van der Waals surface area contributed by atoms with Gasteiger partial charge in [0.1, 0.15) is 5.52 Å². The third-order valence-corrected chi connectivity index (χ3v) is 3.38. The summed E-state index contributed by atoms with van der Waals surface area (Å²) in [7, 11) is 0. The van der Waals surface area contributed by atoms with Gasteiger partial charge in [-0.05, 0) is 24.3 Å². The number of rotatable bonds is 2. The van der Waals surface area contributed by atoms with Crippen molar-refractivity contribution in [3.63, 3.8) is 0 Å². The molecule has 2 heterocycles. The largest absolute Gasteiger partial charge is 0.476 e. The Bertz CT molecular complexity index is 865. The number of carbonyl (C=O) groups is 1. The smallest absolute Gasteiger partial charge is 0.356 e. The van der Waals surface area contributed by atoms with Crippen LogP contribution >= 0.6 is 15.9 Å². The quantitative estimate of drug-likeness (QED) is 0.752. The molecule has 100 valence electrons. The van der Waals surface area contributed by atoms with Gasteiger partial charge in [0.2, 0.25) is 5.43 Å². The fourth-order valence-electron chi connectivity index (χ4n) is 1.97. The highest BCUT2D eigenvalue weighted by Gasteiger charge is 2.20. The first-order chi connectivity index (χ1) is 9.58. The molecule has 6 nitrogen and oxygen atoms in total. The molecule has 7 heteroatoms. The Morgan fingerprint density at radius 3 is 2.60 bits per heavy atom. The highest BCUT2D eigenvalue weighted by molar-refractivity contribution is 9.10. The molecule has 0 amide bonds. The highest BCUT2D eigenvalue weighted by atomic mass is 79.9. The number of benzene rings is 1. The standard InChI is InChI=1S/C13H8BrN3O3/c14-7-1-3-8(4-2-7)17-12(13(19)20)11-10(16-17)9(18)5-6-15-11/h1-6,15H,(H,19,20). The van der Waals surface area contributed by atoms with Crippen LogP contribution in [0.25, 0.3) is 16.7 Å². The van der Waals surface area contributed by atoms with Crippen LogP contribution in [0, 0.1) is 0 Å². The molecule has 0 aliphatic carbocycles. The predicted octanol–water partition coefficient (Wildman–Crippen LogP) is 2.17. The minimum Gasteiger partial charge on any atom is -0.476 e. The second kappa shape index (κ2) is 4.61. The van der Waals surface area contributed by atoms with E-state index in [1.807, 2.05) is 0 Å². The molecular weight excluding hydrogens is 326 g/mol. The monoisotopic (exact) mass is 333 g/mol. The summed E-state index contributed by atoms with van der Waals surface area (Å²) < 4.78 is 2.11. The Balaban J connectivity index is 2.38. The minimum atomic E-state index is -1.16. The number of halogens is 1. The van der Waals surface area contributed by atoms with E-state index in [1.165, 1.54) is 16.9 Å². The molecule has 0 atom stereocenters. The molecule has 2 aromatic heterocycles. The summed E-state index contributed by atoms with van der Waals surface area (Å²) in [5.41, 5.74) is 0.493. The number of fused-ring (bicyclic) bond motifs is 1. The van der Waals surface area contributed by atoms with Gasteiger partial charge in [0.05, 0.1) is 5.69 Å². The number of aromatic carboxylic acids is 1. The predicted molar refractivity (Wildman–Crippen MR) is 76.4 cm³/mol. The highest BCUT2D eigenvalue weighted by Crippen LogP contribution is 2.19. The third kappa shape index (κ3) is 1.92. The zero-order chi connectivity index (χ0) is 14.3. The lowest BCUT2D eigenvalue weighted by Gasteiger charge is -2.04. The number of carboxylic acid groups (broad SMARTS) is 1. The molecule has 0 saturated carbocycles. The molecule has 3 rings (SSSR count). The number of aromatic amines is 1. The van der Waals surface area contributed by atoms with E-state index in [9.17, 15) is 14.7 Å². The van der Waals surface area contributed by atoms with Gasteiger partial charge < -0.3 is 10.1 Å². The first kappa shape index (κ1) is 12.6. The van der Waals surface area contributed by atoms with Crippen LogP contribution in [0.5, 0.6) is 0 Å². The van der Waals surface area contributed by atoms with Crippen molar-refractivity contribution >= 4 is 32.9 Å². The van der Waals surface area contributed by atoms with Gasteiger partial charge in [-0.15, -0.1) is 0 Å². The van der Waals surface area contributed by atoms with Crippen LogP contribution in [0.4, 0.5) is 0 Å². The van der Waals surface area contributed by atoms with Gasteiger partial charge in [0.15, 0.2) is 11.2 Å². The first-order valence-electron chi connectivity index (χ1n) is 5.67. The maximum Gasteiger partial charge on any atom is 0.356 e. The van der Waals surface area contributed by atoms with Crippen LogP contribution in [0.1, 0.15) is 10.5 Å². The summed E-state index contributed by atoms with van der Waals surface area (Å²) in [6.45, 7) is 0. The Morgan fingerprint density at radius 1 is 1.25 bits per heavy atom. The second-order valence-corrected chi connectivity index (χ2v) is 5.02. The van der Waals surface area contributed by atoms with Gasteiger partial charge in [-0.25, -0.2) is 9.48 Å². The molecule has 3 aromatic rings. The van der Waals surface area contributed by atoms with E-state index in [1.54, 1.807) is 24.3 Å². The number of nitrogens with one attached hydrogen (secondary N) is 1. The molecule has 0 spiro atoms. The zero-order valence-electron chi connectivity index (χ0n) is 10.0. The van der Waals surface area contributed by atoms with Crippen molar-refractivity contribution in [2.75, 3.05) is 0 Å². The van der Waals surface area contributed by atoms with E-state index in [0.29, 0.717) is 5.69 Å². The van der Waals surface area contributed by atoms with Crippen LogP contribution in [-0.4, -0.2) is 25.8 Å². The van der Waals surface area contributed by atoms with Gasteiger partial charge in [-0.2, -0.15) is 5.10 Å². The molecular formula is C13H8BrN3O3. The lowest BCUT2D eigenvalue weighted by molar-refractivity contribution is 0.0689. The number of pyridine rings is 1. The summed E-state index contributed by atoms with van der Waals surface area (Å²) in [4.78, 5) is 26.0. The summed E-state index contributed by atoms with van der Waals surface area (Å²) >= 11 is 3.31. The molecule has 0 fully saturated rings. The number of aromatic nitrogens is 3. The van der Waals surface area contributed by atoms with Crippen molar-refractivity contribution < 1.29 is 9.90 Å². The summed E-state index contributed by atoms with van der Waals surface area (Å²) in [6.07, 6.45) is 1.41. The average Bonchev–Trinajstić information content (AvgIpc) is 2.80. The van der Waals surface area contributed by atoms with E-state index in [0.717, 1.165) is 4.47 Å². The lowest BCUT2D eigenvalue weighted by Crippen LogP contribution is -2.08. The summed E-state index contributed by atoms with van der Waals surface area (Å²) in [6, 6.07) is 8.29. The molecule has 0 aliphatic heterocycles. The average molecular weight is 334 g/mol. The Labute approximate surface area is 120 Å². The topological polar surface area (TPSA) is 88.0 Å². The maximum atomic E-state index is 11.8. The first-order valence-corrected chi connectivity index (χ1v) is 6.47. The third-order valence-electron chi connectivity index (χ3n) is 2.85. The van der Waals surface area contributed by atoms with Crippen molar-refractivity contribution in [3.8, 4) is 5.69 Å². The van der Waals surface area contributed by atoms with Crippen molar-refractivity contribution in [1.29, 1.82) is 0 Å². The fraction of sp³-hybridized carbons (Fsp3) is 0. The molecule has 0 saturated heterocycles. The van der Waals surface area contributed by atoms with Crippen LogP contribution in [-0.2, 0) is 0 Å². The van der Waals surface area contributed by atoms with E-state index in [4.69, 9.17) is 0 Å². The zero-order valence-corrected chi connectivity index (χ0v) is 11.6. The fourth-order valence-corrected chi connectivity index (χ4v) is 2.24. The molecule has 20 heavy (non-hydrogen) atoms. The van der Waals surface area contributed by atoms with Gasteiger partial charge in [-0.3, -0.25) is 4.79 Å². The Hall–Kier alpha value is -2.41. The van der Waals surface area contributed by atoms with Crippen molar-refractivity contribution in [3.05, 3.63) is 56.9 Å². The molecule has 1 aromatic carbocycles. The molecule has 0 unspecified atom stereocenters. The Kier molecular flexibility index (Phi) is 2.90. The number of hydrogen-bond donors (Lipinski definition) is 2. The van der Waals surface area contributed by atoms with Crippen LogP contribution in [0.3, 0.4) is 0 Å². The van der Waals surface area contributed by atoms with E-state index >= 15 is 0 Å². The van der Waals surface area contributed by atoms with E-state index in [-0.39, 0.29) is 22.2 Å². The van der Waals surface area contributed by atoms with Crippen LogP contribution < -0.4 is 5.43 Å². The van der Waals surface area contributed by atoms with Gasteiger partial charge in [0, 0.05) is 16.7 Å². The summed E-state index contributed by atoms with van der Waals surface area (Å²) in [5.74, 6) is -1.16. The SMILES string of the molecule is O=C(O)c1c2[nH]ccc(=O)c2nn1-c1ccc(Br)cc1. The molecule has 0 aliphatic rings. The molecule has 0 bridgehead atoms.